The minimum atomic E-state index is -0.654. The van der Waals surface area contributed by atoms with Gasteiger partial charge in [0.05, 0.1) is 23.4 Å². The maximum absolute atomic E-state index is 12.5. The molecule has 10 nitrogen and oxygen atoms in total. The molecule has 1 aromatic heterocycles. The Labute approximate surface area is 236 Å². The number of rotatable bonds is 9. The molecule has 1 aliphatic carbocycles. The van der Waals surface area contributed by atoms with Crippen LogP contribution in [-0.2, 0) is 9.53 Å². The van der Waals surface area contributed by atoms with Gasteiger partial charge in [-0.25, -0.2) is 9.78 Å². The highest BCUT2D eigenvalue weighted by Crippen LogP contribution is 2.24. The van der Waals surface area contributed by atoms with E-state index >= 15 is 0 Å². The number of carbonyl (C=O) groups is 2. The quantitative estimate of drug-likeness (QED) is 0.298. The Kier molecular flexibility index (Phi) is 10.7. The highest BCUT2D eigenvalue weighted by atomic mass is 16.6. The van der Waals surface area contributed by atoms with Gasteiger partial charge in [0.2, 0.25) is 11.9 Å². The lowest BCUT2D eigenvalue weighted by Crippen LogP contribution is -2.47. The zero-order valence-corrected chi connectivity index (χ0v) is 24.0. The van der Waals surface area contributed by atoms with Crippen LogP contribution in [0.25, 0.3) is 0 Å². The molecule has 1 fully saturated rings. The predicted octanol–water partition coefficient (Wildman–Crippen LogP) is 4.95. The zero-order valence-electron chi connectivity index (χ0n) is 24.0. The summed E-state index contributed by atoms with van der Waals surface area (Å²) in [6.45, 7) is 7.46. The van der Waals surface area contributed by atoms with Crippen LogP contribution in [0.5, 0.6) is 0 Å². The third kappa shape index (κ3) is 9.46. The molecule has 0 unspecified atom stereocenters. The molecule has 2 amide bonds. The fourth-order valence-corrected chi connectivity index (χ4v) is 4.03. The van der Waals surface area contributed by atoms with E-state index in [0.717, 1.165) is 18.5 Å². The van der Waals surface area contributed by atoms with Crippen LogP contribution in [0, 0.1) is 23.2 Å². The van der Waals surface area contributed by atoms with Crippen molar-refractivity contribution in [2.24, 2.45) is 0 Å². The number of anilines is 3. The van der Waals surface area contributed by atoms with Gasteiger partial charge in [-0.3, -0.25) is 9.69 Å². The van der Waals surface area contributed by atoms with Crippen LogP contribution in [0.2, 0.25) is 0 Å². The molecule has 1 atom stereocenters. The van der Waals surface area contributed by atoms with Gasteiger partial charge in [-0.1, -0.05) is 24.7 Å². The van der Waals surface area contributed by atoms with Crippen molar-refractivity contribution in [1.29, 1.82) is 5.26 Å². The van der Waals surface area contributed by atoms with E-state index in [-0.39, 0.29) is 5.91 Å². The summed E-state index contributed by atoms with van der Waals surface area (Å²) in [4.78, 5) is 35.1. The number of unbranched alkanes of at least 4 members (excludes halogenated alkanes) is 1. The van der Waals surface area contributed by atoms with E-state index < -0.39 is 17.7 Å². The molecule has 0 saturated heterocycles. The van der Waals surface area contributed by atoms with Gasteiger partial charge in [-0.15, -0.1) is 0 Å². The Balaban J connectivity index is 1.55. The summed E-state index contributed by atoms with van der Waals surface area (Å²) in [7, 11) is 1.55. The number of benzene rings is 1. The molecule has 0 aliphatic heterocycles. The molecule has 10 heteroatoms. The first-order valence-corrected chi connectivity index (χ1v) is 13.7. The maximum Gasteiger partial charge on any atom is 0.410 e. The third-order valence-electron chi connectivity index (χ3n) is 6.40. The van der Waals surface area contributed by atoms with Gasteiger partial charge in [0.15, 0.2) is 0 Å². The van der Waals surface area contributed by atoms with Gasteiger partial charge in [0.1, 0.15) is 17.5 Å². The minimum absolute atomic E-state index is 0.247. The predicted molar refractivity (Wildman–Crippen MR) is 155 cm³/mol. The van der Waals surface area contributed by atoms with Crippen molar-refractivity contribution in [3.05, 3.63) is 41.6 Å². The molecule has 0 bridgehead atoms. The first-order chi connectivity index (χ1) is 19.1. The largest absolute Gasteiger partial charge is 0.444 e. The summed E-state index contributed by atoms with van der Waals surface area (Å²) >= 11 is 0. The third-order valence-corrected chi connectivity index (χ3v) is 6.40. The molecule has 212 valence electrons. The molecule has 1 aliphatic rings. The average Bonchev–Trinajstić information content (AvgIpc) is 3.43. The molecule has 0 radical (unpaired) electrons. The van der Waals surface area contributed by atoms with E-state index in [1.807, 2.05) is 12.1 Å². The Morgan fingerprint density at radius 3 is 2.55 bits per heavy atom. The van der Waals surface area contributed by atoms with Gasteiger partial charge in [-0.2, -0.15) is 10.2 Å². The molecular formula is C30H39N7O3. The smallest absolute Gasteiger partial charge is 0.410 e. The van der Waals surface area contributed by atoms with Gasteiger partial charge >= 0.3 is 6.09 Å². The Bertz CT molecular complexity index is 1260. The highest BCUT2D eigenvalue weighted by Gasteiger charge is 2.26. The summed E-state index contributed by atoms with van der Waals surface area (Å²) in [5.41, 5.74) is 1.47. The maximum atomic E-state index is 12.5. The van der Waals surface area contributed by atoms with Gasteiger partial charge in [0.25, 0.3) is 0 Å². The number of ether oxygens (including phenoxy) is 1. The summed E-state index contributed by atoms with van der Waals surface area (Å²) in [6, 6.07) is 8.92. The highest BCUT2D eigenvalue weighted by molar-refractivity contribution is 5.85. The van der Waals surface area contributed by atoms with Crippen LogP contribution in [0.1, 0.15) is 77.3 Å². The van der Waals surface area contributed by atoms with E-state index in [2.05, 4.69) is 43.8 Å². The van der Waals surface area contributed by atoms with Gasteiger partial charge < -0.3 is 20.7 Å². The van der Waals surface area contributed by atoms with Crippen LogP contribution in [0.4, 0.5) is 22.2 Å². The first kappa shape index (κ1) is 30.2. The van der Waals surface area contributed by atoms with Crippen LogP contribution in [-0.4, -0.2) is 58.1 Å². The van der Waals surface area contributed by atoms with E-state index in [0.29, 0.717) is 48.3 Å². The lowest BCUT2D eigenvalue weighted by molar-refractivity contribution is -0.125. The van der Waals surface area contributed by atoms with Crippen LogP contribution >= 0.6 is 0 Å². The molecule has 2 aromatic rings. The molecular weight excluding hydrogens is 506 g/mol. The lowest BCUT2D eigenvalue weighted by atomic mass is 10.2. The number of nitrogens with zero attached hydrogens (tertiary/aromatic N) is 4. The molecule has 40 heavy (non-hydrogen) atoms. The van der Waals surface area contributed by atoms with Crippen molar-refractivity contribution >= 4 is 29.5 Å². The van der Waals surface area contributed by atoms with Crippen LogP contribution in [0.3, 0.4) is 0 Å². The number of aromatic nitrogens is 2. The van der Waals surface area contributed by atoms with Gasteiger partial charge in [0, 0.05) is 31.7 Å². The zero-order chi connectivity index (χ0) is 29.1. The number of hydrogen-bond donors (Lipinski definition) is 3. The van der Waals surface area contributed by atoms with Crippen molar-refractivity contribution in [3.63, 3.8) is 0 Å². The molecule has 1 saturated carbocycles. The average molecular weight is 546 g/mol. The van der Waals surface area contributed by atoms with E-state index in [1.165, 1.54) is 17.7 Å². The molecule has 3 N–H and O–H groups in total. The van der Waals surface area contributed by atoms with Crippen molar-refractivity contribution in [1.82, 2.24) is 20.2 Å². The number of nitrogens with one attached hydrogen (secondary N) is 3. The molecule has 1 heterocycles. The minimum Gasteiger partial charge on any atom is -0.444 e. The normalized spacial score (nSPS) is 13.8. The Hall–Kier alpha value is -4.31. The van der Waals surface area contributed by atoms with E-state index in [9.17, 15) is 9.59 Å². The Morgan fingerprint density at radius 2 is 1.90 bits per heavy atom. The monoisotopic (exact) mass is 545 g/mol. The topological polar surface area (TPSA) is 132 Å². The van der Waals surface area contributed by atoms with Crippen molar-refractivity contribution in [3.8, 4) is 17.9 Å². The summed E-state index contributed by atoms with van der Waals surface area (Å²) in [5, 5.41) is 18.6. The standard InChI is InChI=1S/C30H39N7O3/c1-21(37(5)29(39)40-30(2,3)4)27(38)32-18-10-6-7-11-23-20-33-28(35-25-16-14-22(19-31)15-17-25)36-26(23)34-24-12-8-9-13-24/h14-17,20-21,24H,6,8-10,12-13,18H2,1-5H3,(H,32,38)(H2,33,34,35,36)/t21-/m0/s1. The molecule has 1 aromatic carbocycles. The Morgan fingerprint density at radius 1 is 1.20 bits per heavy atom. The van der Waals surface area contributed by atoms with E-state index in [1.54, 1.807) is 53.1 Å². The first-order valence-electron chi connectivity index (χ1n) is 13.7. The second kappa shape index (κ2) is 14.2. The summed E-state index contributed by atoms with van der Waals surface area (Å²) in [5.74, 6) is 7.23. The van der Waals surface area contributed by atoms with Crippen molar-refractivity contribution in [2.75, 3.05) is 24.2 Å². The summed E-state index contributed by atoms with van der Waals surface area (Å²) in [6.07, 6.45) is 6.97. The lowest BCUT2D eigenvalue weighted by Gasteiger charge is -2.28. The SMILES string of the molecule is C[C@@H](C(=O)NCCCC#Cc1cnc(Nc2ccc(C#N)cc2)nc1NC1CCCC1)N(C)C(=O)OC(C)(C)C. The van der Waals surface area contributed by atoms with Crippen molar-refractivity contribution in [2.45, 2.75) is 83.9 Å². The number of hydrogen-bond acceptors (Lipinski definition) is 8. The van der Waals surface area contributed by atoms with Gasteiger partial charge in [-0.05, 0) is 71.2 Å². The second-order valence-corrected chi connectivity index (χ2v) is 10.9. The molecule has 0 spiro atoms. The van der Waals surface area contributed by atoms with Crippen molar-refractivity contribution < 1.29 is 14.3 Å². The number of nitriles is 1. The fourth-order valence-electron chi connectivity index (χ4n) is 4.03. The fraction of sp³-hybridized carbons (Fsp3) is 0.500. The molecule has 3 rings (SSSR count). The summed E-state index contributed by atoms with van der Waals surface area (Å²) < 4.78 is 5.33. The van der Waals surface area contributed by atoms with Crippen LogP contribution in [0.15, 0.2) is 30.5 Å². The number of likely N-dealkylation sites (N-methyl/N-ethyl adjacent to an activating group) is 1. The van der Waals surface area contributed by atoms with E-state index in [4.69, 9.17) is 10.00 Å². The second-order valence-electron chi connectivity index (χ2n) is 10.9. The number of amides is 2. The number of carbonyl (C=O) groups excluding carboxylic acids is 2. The van der Waals surface area contributed by atoms with Crippen LogP contribution < -0.4 is 16.0 Å².